The molecule has 2 aromatic carbocycles. The predicted molar refractivity (Wildman–Crippen MR) is 272 cm³/mol. The van der Waals surface area contributed by atoms with Gasteiger partial charge >= 0.3 is 18.3 Å². The lowest BCUT2D eigenvalue weighted by molar-refractivity contribution is -0.385. The molecular weight excluding hydrogens is 965 g/mol. The van der Waals surface area contributed by atoms with Crippen molar-refractivity contribution in [1.29, 1.82) is 0 Å². The second kappa shape index (κ2) is 39.1. The first kappa shape index (κ1) is 65.3. The maximum atomic E-state index is 13.1. The van der Waals surface area contributed by atoms with Gasteiger partial charge in [-0.3, -0.25) is 25.0 Å². The summed E-state index contributed by atoms with van der Waals surface area (Å²) in [4.78, 5) is 31.3. The van der Waals surface area contributed by atoms with Crippen LogP contribution in [-0.2, 0) is 9.53 Å². The monoisotopic (exact) mass is 1000 g/mol. The summed E-state index contributed by atoms with van der Waals surface area (Å²) in [6.07, 6.45) is -5.20. The molecule has 0 aromatic heterocycles. The molecule has 0 radical (unpaired) electrons. The molecule has 2 rings (SSSR count). The zero-order chi connectivity index (χ0) is 56.1. The maximum absolute atomic E-state index is 13.1. The molecule has 2 aromatic rings. The van der Waals surface area contributed by atoms with Gasteiger partial charge in [0.05, 0.1) is 9.85 Å². The van der Waals surface area contributed by atoms with Gasteiger partial charge in [-0.25, -0.2) is 0 Å². The summed E-state index contributed by atoms with van der Waals surface area (Å²) >= 11 is 0. The van der Waals surface area contributed by atoms with Crippen LogP contribution in [0.15, 0.2) is 48.5 Å². The van der Waals surface area contributed by atoms with Crippen LogP contribution in [0.5, 0.6) is 0 Å². The number of anilines is 2. The van der Waals surface area contributed by atoms with Crippen molar-refractivity contribution in [3.05, 3.63) is 68.8 Å². The molecule has 2 atom stereocenters. The number of non-ortho nitro benzene ring substituents is 2. The molecule has 0 aliphatic heterocycles. The normalized spacial score (nSPS) is 9.03. The van der Waals surface area contributed by atoms with E-state index in [1.165, 1.54) is 36.4 Å². The molecule has 4 N–H and O–H groups in total. The fourth-order valence-electron chi connectivity index (χ4n) is 3.95. The van der Waals surface area contributed by atoms with Crippen molar-refractivity contribution >= 4 is 28.7 Å². The van der Waals surface area contributed by atoms with Gasteiger partial charge in [0.15, 0.2) is 0 Å². The van der Waals surface area contributed by atoms with Crippen LogP contribution in [-0.4, -0.2) is 52.4 Å². The quantitative estimate of drug-likeness (QED) is 0.0713. The number of ether oxygens (including phenoxy) is 1. The number of hydrogen-bond donors (Lipinski definition) is 3. The fraction of sp³-hybridized carbons (Fsp3) is 0.246. The Bertz CT molecular complexity index is 3230. The summed E-state index contributed by atoms with van der Waals surface area (Å²) in [6.45, 7) is 9.33. The molecule has 0 saturated carbocycles. The third-order valence-corrected chi connectivity index (χ3v) is 6.76. The molecule has 370 valence electrons. The minimum absolute atomic E-state index is 0.00646. The average molecular weight is 1000 g/mol. The number of hydrogen-bond acceptors (Lipinski definition) is 9. The number of benzene rings is 2. The van der Waals surface area contributed by atoms with Crippen LogP contribution in [0.25, 0.3) is 0 Å². The second-order valence-electron chi connectivity index (χ2n) is 13.5. The van der Waals surface area contributed by atoms with Crippen molar-refractivity contribution in [2.45, 2.75) is 84.4 Å². The zero-order valence-electron chi connectivity index (χ0n) is 40.2. The molecule has 0 saturated heterocycles. The van der Waals surface area contributed by atoms with E-state index in [-0.39, 0.29) is 22.7 Å². The van der Waals surface area contributed by atoms with Crippen LogP contribution < -0.4 is 16.4 Å². The molecule has 2 unspecified atom stereocenters. The number of halogens is 6. The molecule has 0 bridgehead atoms. The van der Waals surface area contributed by atoms with Gasteiger partial charge in [0.2, 0.25) is 0 Å². The van der Waals surface area contributed by atoms with Crippen LogP contribution in [0, 0.1) is 198 Å². The van der Waals surface area contributed by atoms with Gasteiger partial charge in [-0.05, 0) is 214 Å². The molecule has 0 aliphatic carbocycles. The minimum Gasteiger partial charge on any atom is -0.460 e. The Morgan fingerprint density at radius 3 is 1.12 bits per heavy atom. The molecule has 0 fully saturated rings. The molecule has 17 heteroatoms. The number of nitrogens with two attached hydrogens (primary N) is 1. The molecule has 0 amide bonds. The predicted octanol–water partition coefficient (Wildman–Crippen LogP) is 7.67. The summed E-state index contributed by atoms with van der Waals surface area (Å²) in [5.41, 5.74) is 3.56. The van der Waals surface area contributed by atoms with Crippen LogP contribution in [0.4, 0.5) is 49.1 Å². The lowest BCUT2D eigenvalue weighted by Gasteiger charge is -2.24. The van der Waals surface area contributed by atoms with Crippen molar-refractivity contribution in [3.8, 4) is 178 Å². The molecule has 74 heavy (non-hydrogen) atoms. The van der Waals surface area contributed by atoms with Crippen LogP contribution in [0.1, 0.15) is 54.4 Å². The second-order valence-corrected chi connectivity index (χ2v) is 13.5. The highest BCUT2D eigenvalue weighted by Gasteiger charge is 2.40. The van der Waals surface area contributed by atoms with E-state index in [2.05, 4.69) is 182 Å². The van der Waals surface area contributed by atoms with E-state index in [9.17, 15) is 51.4 Å². The largest absolute Gasteiger partial charge is 0.460 e. The molecule has 0 spiro atoms. The van der Waals surface area contributed by atoms with Crippen LogP contribution in [0.3, 0.4) is 0 Å². The number of nitrogens with one attached hydrogen (secondary N) is 2. The molecular formula is C57H39F6N5O6. The Hall–Kier alpha value is -10.8. The molecule has 0 aliphatic rings. The third-order valence-electron chi connectivity index (χ3n) is 6.76. The summed E-state index contributed by atoms with van der Waals surface area (Å²) in [5.74, 6) is 71.8. The summed E-state index contributed by atoms with van der Waals surface area (Å²) in [5, 5.41) is 25.4. The van der Waals surface area contributed by atoms with Crippen molar-refractivity contribution < 1.29 is 45.7 Å². The number of nitrogens with zero attached hydrogens (tertiary/aromatic N) is 2. The topological polar surface area (TPSA) is 163 Å². The highest BCUT2D eigenvalue weighted by molar-refractivity contribution is 5.70. The van der Waals surface area contributed by atoms with Gasteiger partial charge in [-0.15, -0.1) is 6.42 Å². The van der Waals surface area contributed by atoms with Gasteiger partial charge in [-0.1, -0.05) is 29.9 Å². The lowest BCUT2D eigenvalue weighted by Crippen LogP contribution is -2.42. The Kier molecular flexibility index (Phi) is 34.6. The summed E-state index contributed by atoms with van der Waals surface area (Å²) in [7, 11) is 0. The maximum Gasteiger partial charge on any atom is 0.409 e. The number of esters is 1. The van der Waals surface area contributed by atoms with Gasteiger partial charge in [-0.2, -0.15) is 26.3 Å². The fourth-order valence-corrected chi connectivity index (χ4v) is 3.95. The van der Waals surface area contributed by atoms with E-state index in [1.807, 2.05) is 0 Å². The Morgan fingerprint density at radius 2 is 0.865 bits per heavy atom. The first-order valence-electron chi connectivity index (χ1n) is 20.3. The van der Waals surface area contributed by atoms with Crippen molar-refractivity contribution in [2.75, 3.05) is 17.2 Å². The minimum atomic E-state index is -4.62. The zero-order valence-corrected chi connectivity index (χ0v) is 40.2. The third kappa shape index (κ3) is 38.2. The highest BCUT2D eigenvalue weighted by Crippen LogP contribution is 2.29. The average Bonchev–Trinajstić information content (AvgIpc) is 3.33. The number of alkyl halides is 6. The van der Waals surface area contributed by atoms with Gasteiger partial charge in [0.1, 0.15) is 17.7 Å². The van der Waals surface area contributed by atoms with E-state index in [0.29, 0.717) is 0 Å². The van der Waals surface area contributed by atoms with Gasteiger partial charge in [0, 0.05) is 48.6 Å². The molecule has 0 heterocycles. The van der Waals surface area contributed by atoms with Gasteiger partial charge < -0.3 is 21.1 Å². The number of rotatable bonds is 10. The van der Waals surface area contributed by atoms with E-state index in [0.717, 1.165) is 12.1 Å². The lowest BCUT2D eigenvalue weighted by atomic mass is 10.1. The van der Waals surface area contributed by atoms with E-state index in [1.54, 1.807) is 41.5 Å². The van der Waals surface area contributed by atoms with E-state index < -0.39 is 65.2 Å². The van der Waals surface area contributed by atoms with Crippen molar-refractivity contribution in [1.82, 2.24) is 0 Å². The van der Waals surface area contributed by atoms with Crippen LogP contribution >= 0.6 is 0 Å². The summed E-state index contributed by atoms with van der Waals surface area (Å²) < 4.78 is 81.5. The number of nitro benzene ring substituents is 2. The Morgan fingerprint density at radius 1 is 0.568 bits per heavy atom. The SMILES string of the molecule is C#CC#CC#CC#CC#CC#CC#CC#CC.CC#CC#CC#CC#CC#CC#CC#CC.CC(C)(C)OC(=O)CCC(Nc1cccc([N+](=O)[O-])c1)C(F)(F)F.NCC(Nc1cccc([N+](=O)[O-])c1)C(F)(F)F. The van der Waals surface area contributed by atoms with Crippen molar-refractivity contribution in [3.63, 3.8) is 0 Å². The number of carbonyl (C=O) groups excluding carboxylic acids is 1. The number of nitro groups is 2. The Labute approximate surface area is 427 Å². The number of carbonyl (C=O) groups is 1. The van der Waals surface area contributed by atoms with Crippen LogP contribution in [0.2, 0.25) is 0 Å². The van der Waals surface area contributed by atoms with E-state index in [4.69, 9.17) is 16.9 Å². The van der Waals surface area contributed by atoms with Gasteiger partial charge in [0.25, 0.3) is 11.4 Å². The van der Waals surface area contributed by atoms with Crippen molar-refractivity contribution in [2.24, 2.45) is 5.73 Å². The van der Waals surface area contributed by atoms with E-state index >= 15 is 0 Å². The molecule has 11 nitrogen and oxygen atoms in total. The first-order chi connectivity index (χ1) is 35.1. The number of terminal acetylenes is 1. The standard InChI is InChI=1S/C17H4.C16H6.C15H19F3N2O4.C9H10F3N3O2/c1-3-5-7-9-11-13-15-17-16-14-12-10-8-6-4-2;1-3-5-7-9-11-13-15-16-14-12-10-8-6-4-2;1-14(2,3)24-13(21)8-7-12(15(16,17)18)19-10-5-4-6-11(9-10)20(22)23;10-9(11,12)8(5-13)14-6-2-1-3-7(4-6)15(16)17/h1H,2H3;1-2H3;4-6,9,12,19H,7-8H2,1-3H3;1-4,8,14H,5,13H2. The highest BCUT2D eigenvalue weighted by atomic mass is 19.4. The first-order valence-corrected chi connectivity index (χ1v) is 20.3. The summed E-state index contributed by atoms with van der Waals surface area (Å²) in [6, 6.07) is 5.62. The smallest absolute Gasteiger partial charge is 0.409 e. The Balaban J connectivity index is 0.